The Morgan fingerprint density at radius 3 is 2.67 bits per heavy atom. The Bertz CT molecular complexity index is 782. The molecule has 0 atom stereocenters. The molecule has 1 heterocycles. The Labute approximate surface area is 121 Å². The first-order valence-corrected chi connectivity index (χ1v) is 7.98. The summed E-state index contributed by atoms with van der Waals surface area (Å²) < 4.78 is 24.6. The molecule has 0 amide bonds. The Kier molecular flexibility index (Phi) is 3.94. The lowest BCUT2D eigenvalue weighted by atomic mass is 10.2. The van der Waals surface area contributed by atoms with Crippen molar-refractivity contribution in [2.45, 2.75) is 18.4 Å². The van der Waals surface area contributed by atoms with Crippen LogP contribution in [0.2, 0.25) is 0 Å². The molecule has 8 nitrogen and oxygen atoms in total. The van der Waals surface area contributed by atoms with Gasteiger partial charge in [-0.1, -0.05) is 0 Å². The highest BCUT2D eigenvalue weighted by molar-refractivity contribution is 7.90. The van der Waals surface area contributed by atoms with E-state index in [1.165, 1.54) is 18.3 Å². The second-order valence-electron chi connectivity index (χ2n) is 4.42. The lowest BCUT2D eigenvalue weighted by Crippen LogP contribution is -2.01. The van der Waals surface area contributed by atoms with Crippen molar-refractivity contribution in [3.63, 3.8) is 0 Å². The van der Waals surface area contributed by atoms with E-state index in [9.17, 15) is 18.5 Å². The minimum Gasteiger partial charge on any atom is -0.347 e. The predicted molar refractivity (Wildman–Crippen MR) is 77.4 cm³/mol. The van der Waals surface area contributed by atoms with E-state index in [1.54, 1.807) is 10.9 Å². The minimum absolute atomic E-state index is 0.0935. The highest BCUT2D eigenvalue weighted by Gasteiger charge is 2.19. The van der Waals surface area contributed by atoms with Crippen LogP contribution in [-0.4, -0.2) is 29.4 Å². The van der Waals surface area contributed by atoms with E-state index in [0.717, 1.165) is 12.3 Å². The van der Waals surface area contributed by atoms with Crippen molar-refractivity contribution in [2.24, 2.45) is 0 Å². The van der Waals surface area contributed by atoms with Gasteiger partial charge in [-0.2, -0.15) is 5.10 Å². The van der Waals surface area contributed by atoms with Crippen LogP contribution in [-0.2, 0) is 16.4 Å². The molecule has 0 saturated carbocycles. The predicted octanol–water partition coefficient (Wildman–Crippen LogP) is 1.96. The topological polar surface area (TPSA) is 107 Å². The molecule has 0 unspecified atom stereocenters. The number of nitro benzene ring substituents is 1. The van der Waals surface area contributed by atoms with Gasteiger partial charge in [0.15, 0.2) is 9.84 Å². The number of nitrogens with one attached hydrogen (secondary N) is 1. The maximum Gasteiger partial charge on any atom is 0.293 e. The van der Waals surface area contributed by atoms with Gasteiger partial charge in [-0.25, -0.2) is 8.42 Å². The van der Waals surface area contributed by atoms with Crippen molar-refractivity contribution in [1.29, 1.82) is 0 Å². The van der Waals surface area contributed by atoms with Crippen molar-refractivity contribution >= 4 is 26.9 Å². The molecular weight excluding hydrogens is 296 g/mol. The standard InChI is InChI=1S/C12H14N4O4S/c1-3-15-8-9(7-13-15)14-11-5-4-10(21(2,19)20)6-12(11)16(17)18/h4-8,14H,3H2,1-2H3. The molecule has 0 aliphatic carbocycles. The first-order chi connectivity index (χ1) is 9.81. The van der Waals surface area contributed by atoms with E-state index >= 15 is 0 Å². The second kappa shape index (κ2) is 5.52. The third-order valence-corrected chi connectivity index (χ3v) is 3.94. The van der Waals surface area contributed by atoms with E-state index < -0.39 is 14.8 Å². The second-order valence-corrected chi connectivity index (χ2v) is 6.43. The first-order valence-electron chi connectivity index (χ1n) is 6.09. The minimum atomic E-state index is -3.50. The van der Waals surface area contributed by atoms with Crippen molar-refractivity contribution in [1.82, 2.24) is 9.78 Å². The number of nitro groups is 1. The molecular formula is C12H14N4O4S. The van der Waals surface area contributed by atoms with Crippen LogP contribution in [0.15, 0.2) is 35.5 Å². The van der Waals surface area contributed by atoms with Crippen LogP contribution in [0, 0.1) is 10.1 Å². The number of nitrogens with zero attached hydrogens (tertiary/aromatic N) is 3. The van der Waals surface area contributed by atoms with Crippen LogP contribution < -0.4 is 5.32 Å². The molecule has 0 radical (unpaired) electrons. The lowest BCUT2D eigenvalue weighted by Gasteiger charge is -2.06. The van der Waals surface area contributed by atoms with Gasteiger partial charge in [0.1, 0.15) is 5.69 Å². The number of hydrogen-bond acceptors (Lipinski definition) is 6. The highest BCUT2D eigenvalue weighted by atomic mass is 32.2. The largest absolute Gasteiger partial charge is 0.347 e. The van der Waals surface area contributed by atoms with E-state index in [0.29, 0.717) is 12.2 Å². The third-order valence-electron chi connectivity index (χ3n) is 2.83. The third kappa shape index (κ3) is 3.37. The first kappa shape index (κ1) is 15.0. The fourth-order valence-electron chi connectivity index (χ4n) is 1.76. The van der Waals surface area contributed by atoms with Crippen molar-refractivity contribution in [3.05, 3.63) is 40.7 Å². The van der Waals surface area contributed by atoms with Crippen molar-refractivity contribution in [2.75, 3.05) is 11.6 Å². The quantitative estimate of drug-likeness (QED) is 0.668. The molecule has 2 rings (SSSR count). The number of aryl methyl sites for hydroxylation is 1. The molecule has 0 fully saturated rings. The van der Waals surface area contributed by atoms with Gasteiger partial charge in [-0.3, -0.25) is 14.8 Å². The molecule has 21 heavy (non-hydrogen) atoms. The fourth-order valence-corrected chi connectivity index (χ4v) is 2.40. The number of benzene rings is 1. The summed E-state index contributed by atoms with van der Waals surface area (Å²) in [5.74, 6) is 0. The molecule has 0 aliphatic rings. The molecule has 2 aromatic rings. The maximum absolute atomic E-state index is 11.5. The summed E-state index contributed by atoms with van der Waals surface area (Å²) in [6, 6.07) is 3.74. The summed E-state index contributed by atoms with van der Waals surface area (Å²) in [6.07, 6.45) is 4.25. The Morgan fingerprint density at radius 2 is 2.14 bits per heavy atom. The zero-order valence-corrected chi connectivity index (χ0v) is 12.3. The van der Waals surface area contributed by atoms with Gasteiger partial charge in [-0.15, -0.1) is 0 Å². The van der Waals surface area contributed by atoms with Gasteiger partial charge in [0.05, 0.1) is 21.7 Å². The molecule has 1 aromatic carbocycles. The number of sulfone groups is 1. The summed E-state index contributed by atoms with van der Waals surface area (Å²) in [4.78, 5) is 10.4. The highest BCUT2D eigenvalue weighted by Crippen LogP contribution is 2.30. The fraction of sp³-hybridized carbons (Fsp3) is 0.250. The SMILES string of the molecule is CCn1cc(Nc2ccc(S(C)(=O)=O)cc2[N+](=O)[O-])cn1. The van der Waals surface area contributed by atoms with Gasteiger partial charge in [0.25, 0.3) is 5.69 Å². The summed E-state index contributed by atoms with van der Waals surface area (Å²) in [6.45, 7) is 2.59. The molecule has 1 N–H and O–H groups in total. The van der Waals surface area contributed by atoms with E-state index in [4.69, 9.17) is 0 Å². The van der Waals surface area contributed by atoms with Gasteiger partial charge < -0.3 is 5.32 Å². The summed E-state index contributed by atoms with van der Waals surface area (Å²) in [5.41, 5.74) is 0.497. The van der Waals surface area contributed by atoms with Gasteiger partial charge >= 0.3 is 0 Å². The molecule has 0 saturated heterocycles. The zero-order chi connectivity index (χ0) is 15.6. The number of aromatic nitrogens is 2. The average molecular weight is 310 g/mol. The van der Waals surface area contributed by atoms with E-state index in [-0.39, 0.29) is 16.3 Å². The molecule has 9 heteroatoms. The Hall–Kier alpha value is -2.42. The summed E-state index contributed by atoms with van der Waals surface area (Å²) in [5, 5.41) is 18.0. The summed E-state index contributed by atoms with van der Waals surface area (Å²) >= 11 is 0. The van der Waals surface area contributed by atoms with E-state index in [2.05, 4.69) is 10.4 Å². The smallest absolute Gasteiger partial charge is 0.293 e. The maximum atomic E-state index is 11.5. The van der Waals surface area contributed by atoms with Crippen LogP contribution >= 0.6 is 0 Å². The van der Waals surface area contributed by atoms with Crippen LogP contribution in [0.25, 0.3) is 0 Å². The van der Waals surface area contributed by atoms with Gasteiger partial charge in [0, 0.05) is 25.1 Å². The molecule has 0 spiro atoms. The van der Waals surface area contributed by atoms with Crippen LogP contribution in [0.3, 0.4) is 0 Å². The molecule has 0 bridgehead atoms. The molecule has 112 valence electrons. The van der Waals surface area contributed by atoms with Crippen molar-refractivity contribution < 1.29 is 13.3 Å². The van der Waals surface area contributed by atoms with Gasteiger partial charge in [-0.05, 0) is 19.1 Å². The normalized spacial score (nSPS) is 11.3. The number of anilines is 2. The van der Waals surface area contributed by atoms with Crippen LogP contribution in [0.5, 0.6) is 0 Å². The lowest BCUT2D eigenvalue weighted by molar-refractivity contribution is -0.384. The van der Waals surface area contributed by atoms with E-state index in [1.807, 2.05) is 6.92 Å². The molecule has 0 aliphatic heterocycles. The monoisotopic (exact) mass is 310 g/mol. The van der Waals surface area contributed by atoms with Crippen LogP contribution in [0.1, 0.15) is 6.92 Å². The zero-order valence-electron chi connectivity index (χ0n) is 11.5. The van der Waals surface area contributed by atoms with Crippen LogP contribution in [0.4, 0.5) is 17.1 Å². The number of rotatable bonds is 5. The average Bonchev–Trinajstić information content (AvgIpc) is 2.85. The Balaban J connectivity index is 2.41. The van der Waals surface area contributed by atoms with Gasteiger partial charge in [0.2, 0.25) is 0 Å². The Morgan fingerprint density at radius 1 is 1.43 bits per heavy atom. The molecule has 1 aromatic heterocycles. The van der Waals surface area contributed by atoms with Crippen molar-refractivity contribution in [3.8, 4) is 0 Å². The summed E-state index contributed by atoms with van der Waals surface area (Å²) in [7, 11) is -3.50. The number of hydrogen-bond donors (Lipinski definition) is 1.